The van der Waals surface area contributed by atoms with Crippen LogP contribution in [-0.4, -0.2) is 53.3 Å². The number of amides is 2. The minimum atomic E-state index is -0.584. The van der Waals surface area contributed by atoms with Crippen LogP contribution < -0.4 is 15.4 Å². The first-order valence-electron chi connectivity index (χ1n) is 8.83. The molecule has 27 heavy (non-hydrogen) atoms. The number of rotatable bonds is 11. The molecule has 0 aliphatic carbocycles. The summed E-state index contributed by atoms with van der Waals surface area (Å²) >= 11 is 1.64. The molecule has 2 amide bonds. The van der Waals surface area contributed by atoms with Crippen molar-refractivity contribution < 1.29 is 14.3 Å². The first-order valence-corrected chi connectivity index (χ1v) is 10.2. The Kier molecular flexibility index (Phi) is 8.70. The summed E-state index contributed by atoms with van der Waals surface area (Å²) in [6.07, 6.45) is 6.91. The van der Waals surface area contributed by atoms with Crippen molar-refractivity contribution in [3.8, 4) is 5.75 Å². The number of aryl methyl sites for hydroxylation is 1. The first kappa shape index (κ1) is 20.8. The number of hydrogen-bond donors (Lipinski definition) is 2. The normalized spacial score (nSPS) is 11.6. The van der Waals surface area contributed by atoms with Gasteiger partial charge in [0.15, 0.2) is 0 Å². The Bertz CT molecular complexity index is 722. The molecule has 0 saturated heterocycles. The number of methoxy groups -OCH3 is 1. The lowest BCUT2D eigenvalue weighted by atomic mass is 10.1. The maximum absolute atomic E-state index is 12.6. The Labute approximate surface area is 163 Å². The van der Waals surface area contributed by atoms with E-state index < -0.39 is 6.04 Å². The number of ether oxygens (including phenoxy) is 1. The molecule has 0 saturated carbocycles. The molecule has 0 radical (unpaired) electrons. The molecule has 1 aromatic heterocycles. The quantitative estimate of drug-likeness (QED) is 0.573. The van der Waals surface area contributed by atoms with Crippen molar-refractivity contribution in [1.82, 2.24) is 20.4 Å². The number of para-hydroxylation sites is 1. The van der Waals surface area contributed by atoms with Crippen LogP contribution in [0.5, 0.6) is 5.75 Å². The minimum absolute atomic E-state index is 0.173. The van der Waals surface area contributed by atoms with Gasteiger partial charge >= 0.3 is 0 Å². The van der Waals surface area contributed by atoms with Crippen LogP contribution in [0.2, 0.25) is 0 Å². The molecule has 0 aliphatic heterocycles. The lowest BCUT2D eigenvalue weighted by Gasteiger charge is -2.19. The molecule has 1 unspecified atom stereocenters. The Hall–Kier alpha value is -2.48. The predicted molar refractivity (Wildman–Crippen MR) is 107 cm³/mol. The molecule has 1 heterocycles. The van der Waals surface area contributed by atoms with E-state index in [1.165, 1.54) is 7.11 Å². The van der Waals surface area contributed by atoms with Crippen LogP contribution >= 0.6 is 11.8 Å². The van der Waals surface area contributed by atoms with Gasteiger partial charge in [-0.2, -0.15) is 16.9 Å². The number of hydrogen-bond acceptors (Lipinski definition) is 5. The van der Waals surface area contributed by atoms with Crippen molar-refractivity contribution in [2.75, 3.05) is 25.7 Å². The summed E-state index contributed by atoms with van der Waals surface area (Å²) in [5.74, 6) is 0.772. The van der Waals surface area contributed by atoms with Crippen molar-refractivity contribution in [2.24, 2.45) is 0 Å². The Morgan fingerprint density at radius 3 is 2.81 bits per heavy atom. The summed E-state index contributed by atoms with van der Waals surface area (Å²) < 4.78 is 7.05. The van der Waals surface area contributed by atoms with Gasteiger partial charge in [-0.3, -0.25) is 14.3 Å². The van der Waals surface area contributed by atoms with Crippen molar-refractivity contribution in [1.29, 1.82) is 0 Å². The third kappa shape index (κ3) is 6.63. The lowest BCUT2D eigenvalue weighted by molar-refractivity contribution is -0.123. The number of benzene rings is 1. The van der Waals surface area contributed by atoms with Crippen molar-refractivity contribution in [3.05, 3.63) is 48.3 Å². The van der Waals surface area contributed by atoms with Crippen LogP contribution in [0.1, 0.15) is 23.2 Å². The number of aromatic nitrogens is 2. The maximum atomic E-state index is 12.6. The van der Waals surface area contributed by atoms with E-state index in [4.69, 9.17) is 4.74 Å². The van der Waals surface area contributed by atoms with Crippen LogP contribution in [0.15, 0.2) is 42.7 Å². The van der Waals surface area contributed by atoms with Crippen LogP contribution in [0, 0.1) is 0 Å². The van der Waals surface area contributed by atoms with Crippen LogP contribution in [-0.2, 0) is 11.3 Å². The molecule has 1 aromatic carbocycles. The van der Waals surface area contributed by atoms with Gasteiger partial charge < -0.3 is 15.4 Å². The molecule has 0 spiro atoms. The van der Waals surface area contributed by atoms with Crippen molar-refractivity contribution >= 4 is 23.6 Å². The minimum Gasteiger partial charge on any atom is -0.496 e. The summed E-state index contributed by atoms with van der Waals surface area (Å²) in [5.41, 5.74) is 0.417. The Morgan fingerprint density at radius 2 is 2.11 bits per heavy atom. The van der Waals surface area contributed by atoms with E-state index in [9.17, 15) is 9.59 Å². The highest BCUT2D eigenvalue weighted by molar-refractivity contribution is 7.98. The largest absolute Gasteiger partial charge is 0.496 e. The first-order chi connectivity index (χ1) is 13.2. The van der Waals surface area contributed by atoms with Gasteiger partial charge in [0, 0.05) is 25.5 Å². The molecule has 1 atom stereocenters. The van der Waals surface area contributed by atoms with Crippen LogP contribution in [0.4, 0.5) is 0 Å². The van der Waals surface area contributed by atoms with Gasteiger partial charge in [-0.25, -0.2) is 0 Å². The van der Waals surface area contributed by atoms with Gasteiger partial charge in [-0.1, -0.05) is 12.1 Å². The van der Waals surface area contributed by atoms with E-state index in [-0.39, 0.29) is 11.8 Å². The number of thioether (sulfide) groups is 1. The summed E-state index contributed by atoms with van der Waals surface area (Å²) in [7, 11) is 1.52. The van der Waals surface area contributed by atoms with Crippen LogP contribution in [0.3, 0.4) is 0 Å². The van der Waals surface area contributed by atoms with Gasteiger partial charge in [-0.15, -0.1) is 0 Å². The highest BCUT2D eigenvalue weighted by Crippen LogP contribution is 2.17. The predicted octanol–water partition coefficient (Wildman–Crippen LogP) is 1.95. The topological polar surface area (TPSA) is 85.2 Å². The summed E-state index contributed by atoms with van der Waals surface area (Å²) in [4.78, 5) is 25.1. The van der Waals surface area contributed by atoms with E-state index in [0.717, 1.165) is 18.7 Å². The third-order valence-corrected chi connectivity index (χ3v) is 4.65. The van der Waals surface area contributed by atoms with Gasteiger partial charge in [0.1, 0.15) is 11.8 Å². The van der Waals surface area contributed by atoms with Crippen LogP contribution in [0.25, 0.3) is 0 Å². The van der Waals surface area contributed by atoms with Gasteiger partial charge in [-0.05, 0) is 43.0 Å². The van der Waals surface area contributed by atoms with Crippen molar-refractivity contribution in [3.63, 3.8) is 0 Å². The fourth-order valence-corrected chi connectivity index (χ4v) is 3.05. The highest BCUT2D eigenvalue weighted by atomic mass is 32.2. The van der Waals surface area contributed by atoms with Gasteiger partial charge in [0.05, 0.1) is 12.7 Å². The molecular weight excluding hydrogens is 364 g/mol. The smallest absolute Gasteiger partial charge is 0.255 e. The molecule has 0 fully saturated rings. The molecule has 7 nitrogen and oxygen atoms in total. The Balaban J connectivity index is 1.90. The third-order valence-electron chi connectivity index (χ3n) is 4.01. The number of carbonyl (C=O) groups excluding carboxylic acids is 2. The average Bonchev–Trinajstić information content (AvgIpc) is 3.21. The zero-order valence-electron chi connectivity index (χ0n) is 15.7. The van der Waals surface area contributed by atoms with Crippen molar-refractivity contribution in [2.45, 2.75) is 25.4 Å². The Morgan fingerprint density at radius 1 is 1.30 bits per heavy atom. The molecule has 2 aromatic rings. The summed E-state index contributed by atoms with van der Waals surface area (Å²) in [5, 5.41) is 9.87. The second-order valence-electron chi connectivity index (χ2n) is 5.92. The highest BCUT2D eigenvalue weighted by Gasteiger charge is 2.22. The molecule has 2 N–H and O–H groups in total. The second kappa shape index (κ2) is 11.3. The van der Waals surface area contributed by atoms with E-state index in [1.54, 1.807) is 42.2 Å². The van der Waals surface area contributed by atoms with Gasteiger partial charge in [0.25, 0.3) is 5.91 Å². The van der Waals surface area contributed by atoms with E-state index in [2.05, 4.69) is 15.7 Å². The number of nitrogens with one attached hydrogen (secondary N) is 2. The maximum Gasteiger partial charge on any atom is 0.255 e. The zero-order chi connectivity index (χ0) is 19.5. The lowest BCUT2D eigenvalue weighted by Crippen LogP contribution is -2.47. The van der Waals surface area contributed by atoms with E-state index >= 15 is 0 Å². The molecular formula is C19H26N4O3S. The fourth-order valence-electron chi connectivity index (χ4n) is 2.58. The molecule has 146 valence electrons. The molecule has 8 heteroatoms. The molecule has 2 rings (SSSR count). The average molecular weight is 391 g/mol. The number of carbonyl (C=O) groups is 2. The second-order valence-corrected chi connectivity index (χ2v) is 6.91. The standard InChI is InChI=1S/C19H26N4O3S/c1-26-17-8-4-3-7-15(17)18(24)22-16(9-14-27-2)19(25)20-10-5-12-23-13-6-11-21-23/h3-4,6-8,11,13,16H,5,9-10,12,14H2,1-2H3,(H,20,25)(H,22,24). The van der Waals surface area contributed by atoms with E-state index in [1.807, 2.05) is 23.2 Å². The molecule has 0 bridgehead atoms. The van der Waals surface area contributed by atoms with Gasteiger partial charge in [0.2, 0.25) is 5.91 Å². The molecule has 0 aliphatic rings. The fraction of sp³-hybridized carbons (Fsp3) is 0.421. The summed E-state index contributed by atoms with van der Waals surface area (Å²) in [6, 6.07) is 8.25. The monoisotopic (exact) mass is 390 g/mol. The number of nitrogens with zero attached hydrogens (tertiary/aromatic N) is 2. The van der Waals surface area contributed by atoms with E-state index in [0.29, 0.717) is 24.3 Å². The SMILES string of the molecule is COc1ccccc1C(=O)NC(CCSC)C(=O)NCCCn1cccn1. The summed E-state index contributed by atoms with van der Waals surface area (Å²) in [6.45, 7) is 1.26. The zero-order valence-corrected chi connectivity index (χ0v) is 16.5.